The Balaban J connectivity index is 1.47. The maximum absolute atomic E-state index is 13.0. The molecular formula is C28H37N3O2. The first-order valence-electron chi connectivity index (χ1n) is 11.8. The maximum Gasteiger partial charge on any atom is 0.240 e. The number of hydrogen-bond acceptors (Lipinski definition) is 4. The molecule has 2 aromatic carbocycles. The second kappa shape index (κ2) is 12.0. The minimum absolute atomic E-state index is 0.109. The third kappa shape index (κ3) is 6.91. The number of hydrogen-bond donors (Lipinski definition) is 1. The third-order valence-corrected chi connectivity index (χ3v) is 6.22. The van der Waals surface area contributed by atoms with Gasteiger partial charge in [-0.25, -0.2) is 0 Å². The van der Waals surface area contributed by atoms with Crippen molar-refractivity contribution in [2.24, 2.45) is 5.41 Å². The number of ether oxygens (including phenoxy) is 1. The summed E-state index contributed by atoms with van der Waals surface area (Å²) in [6.07, 6.45) is 3.87. The quantitative estimate of drug-likeness (QED) is 0.624. The van der Waals surface area contributed by atoms with Gasteiger partial charge in [-0.2, -0.15) is 0 Å². The van der Waals surface area contributed by atoms with Gasteiger partial charge in [0.1, 0.15) is 5.41 Å². The van der Waals surface area contributed by atoms with E-state index in [1.165, 1.54) is 16.3 Å². The fourth-order valence-corrected chi connectivity index (χ4v) is 4.17. The normalized spacial score (nSPS) is 16.1. The van der Waals surface area contributed by atoms with Crippen LogP contribution >= 0.6 is 0 Å². The van der Waals surface area contributed by atoms with Crippen molar-refractivity contribution in [2.75, 3.05) is 53.0 Å². The van der Waals surface area contributed by atoms with Gasteiger partial charge in [-0.1, -0.05) is 60.4 Å². The molecule has 3 rings (SSSR count). The van der Waals surface area contributed by atoms with E-state index in [0.717, 1.165) is 45.9 Å². The molecule has 176 valence electrons. The lowest BCUT2D eigenvalue weighted by Gasteiger charge is -2.37. The van der Waals surface area contributed by atoms with Crippen molar-refractivity contribution in [3.63, 3.8) is 0 Å². The first-order chi connectivity index (χ1) is 15.9. The predicted octanol–water partition coefficient (Wildman–Crippen LogP) is 3.87. The summed E-state index contributed by atoms with van der Waals surface area (Å²) in [5.74, 6) is 6.35. The third-order valence-electron chi connectivity index (χ3n) is 6.22. The molecule has 1 aliphatic rings. The fourth-order valence-electron chi connectivity index (χ4n) is 4.17. The Kier molecular flexibility index (Phi) is 9.08. The summed E-state index contributed by atoms with van der Waals surface area (Å²) in [7, 11) is 1.72. The van der Waals surface area contributed by atoms with Gasteiger partial charge in [0.05, 0.1) is 6.61 Å². The molecule has 0 aromatic heterocycles. The fraction of sp³-hybridized carbons (Fsp3) is 0.464. The van der Waals surface area contributed by atoms with Crippen molar-refractivity contribution >= 4 is 16.7 Å². The Bertz CT molecular complexity index is 1010. The van der Waals surface area contributed by atoms with Gasteiger partial charge in [-0.05, 0) is 43.2 Å². The molecule has 2 aromatic rings. The van der Waals surface area contributed by atoms with Crippen LogP contribution in [0.1, 0.15) is 32.4 Å². The average molecular weight is 448 g/mol. The Morgan fingerprint density at radius 2 is 1.88 bits per heavy atom. The van der Waals surface area contributed by atoms with E-state index in [0.29, 0.717) is 0 Å². The predicted molar refractivity (Wildman–Crippen MR) is 136 cm³/mol. The highest BCUT2D eigenvalue weighted by atomic mass is 16.5. The smallest absolute Gasteiger partial charge is 0.240 e. The average Bonchev–Trinajstić information content (AvgIpc) is 2.84. The highest BCUT2D eigenvalue weighted by Gasteiger charge is 2.32. The molecule has 0 bridgehead atoms. The number of amides is 1. The lowest BCUT2D eigenvalue weighted by Crippen LogP contribution is -2.52. The monoisotopic (exact) mass is 447 g/mol. The van der Waals surface area contributed by atoms with E-state index in [-0.39, 0.29) is 11.9 Å². The highest BCUT2D eigenvalue weighted by Crippen LogP contribution is 2.24. The van der Waals surface area contributed by atoms with Gasteiger partial charge >= 0.3 is 0 Å². The van der Waals surface area contributed by atoms with Crippen molar-refractivity contribution in [2.45, 2.75) is 26.8 Å². The summed E-state index contributed by atoms with van der Waals surface area (Å²) in [4.78, 5) is 17.2. The molecule has 1 heterocycles. The van der Waals surface area contributed by atoms with E-state index < -0.39 is 5.41 Å². The Morgan fingerprint density at radius 3 is 2.64 bits per heavy atom. The van der Waals surface area contributed by atoms with E-state index in [1.807, 2.05) is 30.9 Å². The Morgan fingerprint density at radius 1 is 1.15 bits per heavy atom. The van der Waals surface area contributed by atoms with Crippen LogP contribution in [0.2, 0.25) is 0 Å². The molecule has 33 heavy (non-hydrogen) atoms. The molecule has 0 unspecified atom stereocenters. The number of piperazine rings is 1. The standard InChI is InChI=1S/C28H37N3O2/c1-23(25-14-10-12-24-11-6-7-13-26(24)25)29-16-9-5-8-15-28(2,3)27(32)31-19-17-30(18-20-31)21-22-33-4/h5-7,9-14,23,29H,16-22H2,1-4H3/b9-5+/t23-/m1/s1. The molecule has 1 aliphatic heterocycles. The van der Waals surface area contributed by atoms with Gasteiger partial charge in [-0.3, -0.25) is 9.69 Å². The molecule has 1 fully saturated rings. The van der Waals surface area contributed by atoms with E-state index >= 15 is 0 Å². The van der Waals surface area contributed by atoms with Crippen molar-refractivity contribution in [1.82, 2.24) is 15.1 Å². The molecule has 0 spiro atoms. The lowest BCUT2D eigenvalue weighted by atomic mass is 9.92. The van der Waals surface area contributed by atoms with E-state index in [2.05, 4.69) is 71.4 Å². The van der Waals surface area contributed by atoms with E-state index in [4.69, 9.17) is 4.74 Å². The number of carbonyl (C=O) groups excluding carboxylic acids is 1. The minimum Gasteiger partial charge on any atom is -0.383 e. The van der Waals surface area contributed by atoms with Gasteiger partial charge < -0.3 is 15.0 Å². The maximum atomic E-state index is 13.0. The molecule has 0 saturated carbocycles. The number of rotatable bonds is 8. The van der Waals surface area contributed by atoms with Gasteiger partial charge in [0, 0.05) is 52.4 Å². The molecule has 0 radical (unpaired) electrons. The summed E-state index contributed by atoms with van der Waals surface area (Å²) in [6.45, 7) is 11.6. The number of benzene rings is 2. The van der Waals surface area contributed by atoms with Crippen LogP contribution in [0.4, 0.5) is 0 Å². The van der Waals surface area contributed by atoms with Crippen LogP contribution in [0.5, 0.6) is 0 Å². The molecule has 1 N–H and O–H groups in total. The number of nitrogens with one attached hydrogen (secondary N) is 1. The zero-order chi connectivity index (χ0) is 23.7. The van der Waals surface area contributed by atoms with Gasteiger partial charge in [0.2, 0.25) is 5.91 Å². The first-order valence-corrected chi connectivity index (χ1v) is 11.8. The zero-order valence-electron chi connectivity index (χ0n) is 20.4. The molecule has 5 heteroatoms. The van der Waals surface area contributed by atoms with Crippen LogP contribution in [0.15, 0.2) is 54.6 Å². The Labute approximate surface area is 198 Å². The van der Waals surface area contributed by atoms with Crippen LogP contribution in [0.25, 0.3) is 10.8 Å². The van der Waals surface area contributed by atoms with E-state index in [1.54, 1.807) is 7.11 Å². The summed E-state index contributed by atoms with van der Waals surface area (Å²) in [5.41, 5.74) is 0.601. The van der Waals surface area contributed by atoms with Gasteiger partial charge in [0.15, 0.2) is 0 Å². The van der Waals surface area contributed by atoms with Crippen LogP contribution in [-0.4, -0.2) is 68.7 Å². The number of fused-ring (bicyclic) bond motifs is 1. The second-order valence-corrected chi connectivity index (χ2v) is 9.12. The minimum atomic E-state index is -0.692. The summed E-state index contributed by atoms with van der Waals surface area (Å²) < 4.78 is 5.15. The second-order valence-electron chi connectivity index (χ2n) is 9.12. The van der Waals surface area contributed by atoms with Crippen molar-refractivity contribution in [1.29, 1.82) is 0 Å². The summed E-state index contributed by atoms with van der Waals surface area (Å²) in [5, 5.41) is 6.08. The first kappa shape index (κ1) is 25.0. The Hall–Kier alpha value is -2.65. The highest BCUT2D eigenvalue weighted by molar-refractivity contribution is 5.86. The van der Waals surface area contributed by atoms with Crippen LogP contribution in [0, 0.1) is 17.3 Å². The molecular weight excluding hydrogens is 410 g/mol. The topological polar surface area (TPSA) is 44.8 Å². The van der Waals surface area contributed by atoms with Crippen LogP contribution in [0.3, 0.4) is 0 Å². The molecule has 0 aliphatic carbocycles. The van der Waals surface area contributed by atoms with Crippen LogP contribution in [-0.2, 0) is 9.53 Å². The number of methoxy groups -OCH3 is 1. The summed E-state index contributed by atoms with van der Waals surface area (Å²) >= 11 is 0. The largest absolute Gasteiger partial charge is 0.383 e. The van der Waals surface area contributed by atoms with Gasteiger partial charge in [0.25, 0.3) is 0 Å². The molecule has 5 nitrogen and oxygen atoms in total. The number of carbonyl (C=O) groups is 1. The van der Waals surface area contributed by atoms with Crippen molar-refractivity contribution in [3.8, 4) is 11.8 Å². The molecule has 1 amide bonds. The molecule has 1 atom stereocenters. The number of nitrogens with zero attached hydrogens (tertiary/aromatic N) is 2. The SMILES string of the molecule is COCCN1CCN(C(=O)C(C)(C)C#C/C=C/CN[C@H](C)c2cccc3ccccc23)CC1. The molecule has 1 saturated heterocycles. The van der Waals surface area contributed by atoms with Gasteiger partial charge in [-0.15, -0.1) is 0 Å². The van der Waals surface area contributed by atoms with Crippen molar-refractivity contribution < 1.29 is 9.53 Å². The lowest BCUT2D eigenvalue weighted by molar-refractivity contribution is -0.139. The summed E-state index contributed by atoms with van der Waals surface area (Å²) in [6, 6.07) is 15.1. The van der Waals surface area contributed by atoms with Crippen LogP contribution < -0.4 is 5.32 Å². The number of allylic oxidation sites excluding steroid dienone is 1. The van der Waals surface area contributed by atoms with E-state index in [9.17, 15) is 4.79 Å². The van der Waals surface area contributed by atoms with Crippen molar-refractivity contribution in [3.05, 3.63) is 60.2 Å². The zero-order valence-corrected chi connectivity index (χ0v) is 20.4.